The predicted octanol–water partition coefficient (Wildman–Crippen LogP) is 2.31. The number of urea groups is 1. The van der Waals surface area contributed by atoms with Gasteiger partial charge >= 0.3 is 6.03 Å². The number of nitrogens with two attached hydrogens (primary N) is 1. The summed E-state index contributed by atoms with van der Waals surface area (Å²) in [6, 6.07) is 12.0. The zero-order chi connectivity index (χ0) is 19.8. The van der Waals surface area contributed by atoms with Crippen LogP contribution in [0.3, 0.4) is 0 Å². The van der Waals surface area contributed by atoms with Crippen LogP contribution in [-0.2, 0) is 13.1 Å². The van der Waals surface area contributed by atoms with Gasteiger partial charge in [-0.05, 0) is 35.4 Å². The van der Waals surface area contributed by atoms with E-state index < -0.39 is 0 Å². The van der Waals surface area contributed by atoms with Gasteiger partial charge in [-0.2, -0.15) is 0 Å². The molecule has 0 atom stereocenters. The van der Waals surface area contributed by atoms with Crippen molar-refractivity contribution in [1.82, 2.24) is 20.6 Å². The number of hydrogen-bond acceptors (Lipinski definition) is 5. The van der Waals surface area contributed by atoms with Crippen molar-refractivity contribution in [1.29, 1.82) is 0 Å². The van der Waals surface area contributed by atoms with Crippen LogP contribution in [0.1, 0.15) is 21.5 Å². The van der Waals surface area contributed by atoms with Crippen LogP contribution >= 0.6 is 0 Å². The van der Waals surface area contributed by atoms with E-state index in [9.17, 15) is 9.59 Å². The molecule has 0 saturated heterocycles. The van der Waals surface area contributed by atoms with E-state index in [0.717, 1.165) is 11.1 Å². The first-order chi connectivity index (χ1) is 13.6. The largest absolute Gasteiger partial charge is 0.396 e. The van der Waals surface area contributed by atoms with Crippen molar-refractivity contribution in [2.75, 3.05) is 11.1 Å². The zero-order valence-corrected chi connectivity index (χ0v) is 15.1. The smallest absolute Gasteiger partial charge is 0.315 e. The molecule has 0 aliphatic carbocycles. The number of nitrogens with zero attached hydrogens (tertiary/aromatic N) is 2. The molecule has 0 fully saturated rings. The fourth-order valence-corrected chi connectivity index (χ4v) is 2.42. The Balaban J connectivity index is 1.48. The molecule has 2 aromatic heterocycles. The predicted molar refractivity (Wildman–Crippen MR) is 106 cm³/mol. The fraction of sp³-hybridized carbons (Fsp3) is 0.100. The summed E-state index contributed by atoms with van der Waals surface area (Å²) in [5.41, 5.74) is 8.96. The van der Waals surface area contributed by atoms with E-state index in [-0.39, 0.29) is 11.9 Å². The second-order valence-corrected chi connectivity index (χ2v) is 6.01. The third-order valence-corrected chi connectivity index (χ3v) is 3.95. The molecular weight excluding hydrogens is 356 g/mol. The van der Waals surface area contributed by atoms with Crippen LogP contribution in [0.5, 0.6) is 0 Å². The minimum Gasteiger partial charge on any atom is -0.396 e. The summed E-state index contributed by atoms with van der Waals surface area (Å²) in [6.45, 7) is 0.745. The SMILES string of the molecule is Nc1cnccc1NC(=O)c1ccc(CNC(=O)NCc2cccnc2)cc1. The monoisotopic (exact) mass is 376 g/mol. The Morgan fingerprint density at radius 3 is 2.25 bits per heavy atom. The molecule has 0 saturated carbocycles. The topological polar surface area (TPSA) is 122 Å². The van der Waals surface area contributed by atoms with Crippen LogP contribution in [0.4, 0.5) is 16.2 Å². The lowest BCUT2D eigenvalue weighted by Crippen LogP contribution is -2.34. The molecule has 142 valence electrons. The number of hydrogen-bond donors (Lipinski definition) is 4. The van der Waals surface area contributed by atoms with Gasteiger partial charge in [0.1, 0.15) is 0 Å². The molecule has 0 radical (unpaired) electrons. The molecule has 8 heteroatoms. The Morgan fingerprint density at radius 1 is 0.857 bits per heavy atom. The minimum atomic E-state index is -0.279. The molecule has 1 aromatic carbocycles. The maximum atomic E-state index is 12.3. The van der Waals surface area contributed by atoms with Gasteiger partial charge in [-0.25, -0.2) is 4.79 Å². The Hall–Kier alpha value is -3.94. The maximum absolute atomic E-state index is 12.3. The molecule has 3 aromatic rings. The maximum Gasteiger partial charge on any atom is 0.315 e. The molecule has 5 N–H and O–H groups in total. The number of rotatable bonds is 6. The summed E-state index contributed by atoms with van der Waals surface area (Å²) in [5.74, 6) is -0.272. The van der Waals surface area contributed by atoms with Gasteiger partial charge in [0.05, 0.1) is 17.6 Å². The van der Waals surface area contributed by atoms with E-state index in [2.05, 4.69) is 25.9 Å². The van der Waals surface area contributed by atoms with Crippen LogP contribution in [0, 0.1) is 0 Å². The second kappa shape index (κ2) is 9.13. The van der Waals surface area contributed by atoms with Gasteiger partial charge in [0, 0.05) is 37.2 Å². The van der Waals surface area contributed by atoms with E-state index in [4.69, 9.17) is 5.73 Å². The van der Waals surface area contributed by atoms with Crippen molar-refractivity contribution in [3.05, 3.63) is 83.9 Å². The lowest BCUT2D eigenvalue weighted by molar-refractivity contribution is 0.102. The quantitative estimate of drug-likeness (QED) is 0.526. The Bertz CT molecular complexity index is 944. The first-order valence-corrected chi connectivity index (χ1v) is 8.62. The second-order valence-electron chi connectivity index (χ2n) is 6.01. The van der Waals surface area contributed by atoms with Gasteiger partial charge in [-0.3, -0.25) is 14.8 Å². The van der Waals surface area contributed by atoms with Crippen LogP contribution in [-0.4, -0.2) is 21.9 Å². The molecule has 0 aliphatic heterocycles. The van der Waals surface area contributed by atoms with E-state index in [1.165, 1.54) is 6.20 Å². The summed E-state index contributed by atoms with van der Waals surface area (Å²) >= 11 is 0. The Kier molecular flexibility index (Phi) is 6.14. The van der Waals surface area contributed by atoms with Crippen molar-refractivity contribution >= 4 is 23.3 Å². The number of benzene rings is 1. The lowest BCUT2D eigenvalue weighted by atomic mass is 10.1. The third kappa shape index (κ3) is 5.28. The molecule has 2 heterocycles. The summed E-state index contributed by atoms with van der Waals surface area (Å²) in [4.78, 5) is 32.0. The summed E-state index contributed by atoms with van der Waals surface area (Å²) in [7, 11) is 0. The highest BCUT2D eigenvalue weighted by Crippen LogP contribution is 2.16. The molecule has 0 spiro atoms. The van der Waals surface area contributed by atoms with Crippen molar-refractivity contribution < 1.29 is 9.59 Å². The first kappa shape index (κ1) is 18.8. The number of amides is 3. The molecule has 0 aliphatic rings. The van der Waals surface area contributed by atoms with Crippen LogP contribution < -0.4 is 21.7 Å². The molecule has 0 unspecified atom stereocenters. The minimum absolute atomic E-state index is 0.272. The average Bonchev–Trinajstić information content (AvgIpc) is 2.73. The van der Waals surface area contributed by atoms with Crippen LogP contribution in [0.2, 0.25) is 0 Å². The van der Waals surface area contributed by atoms with Crippen molar-refractivity contribution in [2.24, 2.45) is 0 Å². The number of carbonyl (C=O) groups excluding carboxylic acids is 2. The van der Waals surface area contributed by atoms with E-state index >= 15 is 0 Å². The highest BCUT2D eigenvalue weighted by atomic mass is 16.2. The average molecular weight is 376 g/mol. The standard InChI is InChI=1S/C20H20N6O2/c21-17-13-23-9-7-18(17)26-19(27)16-5-3-14(4-6-16)11-24-20(28)25-12-15-2-1-8-22-10-15/h1-10,13H,11-12,21H2,(H,23,26,27)(H2,24,25,28). The van der Waals surface area contributed by atoms with Crippen molar-refractivity contribution in [3.8, 4) is 0 Å². The highest BCUT2D eigenvalue weighted by molar-refractivity contribution is 6.05. The van der Waals surface area contributed by atoms with E-state index in [1.807, 2.05) is 12.1 Å². The zero-order valence-electron chi connectivity index (χ0n) is 15.1. The first-order valence-electron chi connectivity index (χ1n) is 8.62. The van der Waals surface area contributed by atoms with Gasteiger partial charge < -0.3 is 21.7 Å². The van der Waals surface area contributed by atoms with Gasteiger partial charge in [-0.15, -0.1) is 0 Å². The fourth-order valence-electron chi connectivity index (χ4n) is 2.42. The molecule has 8 nitrogen and oxygen atoms in total. The van der Waals surface area contributed by atoms with Crippen LogP contribution in [0.25, 0.3) is 0 Å². The van der Waals surface area contributed by atoms with E-state index in [1.54, 1.807) is 48.9 Å². The summed E-state index contributed by atoms with van der Waals surface area (Å²) in [6.07, 6.45) is 6.41. The number of anilines is 2. The van der Waals surface area contributed by atoms with Gasteiger partial charge in [0.2, 0.25) is 0 Å². The van der Waals surface area contributed by atoms with Gasteiger partial charge in [-0.1, -0.05) is 18.2 Å². The lowest BCUT2D eigenvalue weighted by Gasteiger charge is -2.09. The molecule has 3 amide bonds. The molecule has 28 heavy (non-hydrogen) atoms. The number of nitrogen functional groups attached to an aromatic ring is 1. The molecule has 3 rings (SSSR count). The van der Waals surface area contributed by atoms with Crippen molar-refractivity contribution in [3.63, 3.8) is 0 Å². The number of nitrogens with one attached hydrogen (secondary N) is 3. The Morgan fingerprint density at radius 2 is 1.57 bits per heavy atom. The van der Waals surface area contributed by atoms with Crippen LogP contribution in [0.15, 0.2) is 67.3 Å². The molecule has 0 bridgehead atoms. The summed E-state index contributed by atoms with van der Waals surface area (Å²) < 4.78 is 0. The van der Waals surface area contributed by atoms with Gasteiger partial charge in [0.25, 0.3) is 5.91 Å². The number of pyridine rings is 2. The molecular formula is C20H20N6O2. The normalized spacial score (nSPS) is 10.1. The number of carbonyl (C=O) groups is 2. The van der Waals surface area contributed by atoms with Gasteiger partial charge in [0.15, 0.2) is 0 Å². The Labute approximate surface area is 162 Å². The third-order valence-electron chi connectivity index (χ3n) is 3.95. The van der Waals surface area contributed by atoms with Crippen molar-refractivity contribution in [2.45, 2.75) is 13.1 Å². The summed E-state index contributed by atoms with van der Waals surface area (Å²) in [5, 5.41) is 8.27. The van der Waals surface area contributed by atoms with E-state index in [0.29, 0.717) is 30.0 Å². The number of aromatic nitrogens is 2. The highest BCUT2D eigenvalue weighted by Gasteiger charge is 2.08.